The highest BCUT2D eigenvalue weighted by Gasteiger charge is 2.36. The highest BCUT2D eigenvalue weighted by Crippen LogP contribution is 2.51. The van der Waals surface area contributed by atoms with Crippen LogP contribution in [0.15, 0.2) is 84.6 Å². The molecule has 0 aliphatic heterocycles. The Hall–Kier alpha value is -4.73. The number of aliphatic carboxylic acids is 1. The second-order valence-corrected chi connectivity index (χ2v) is 11.3. The lowest BCUT2D eigenvalue weighted by Crippen LogP contribution is -2.15. The number of thiophene rings is 1. The van der Waals surface area contributed by atoms with E-state index in [2.05, 4.69) is 77.8 Å². The summed E-state index contributed by atoms with van der Waals surface area (Å²) in [5.41, 5.74) is 11.4. The Morgan fingerprint density at radius 1 is 0.947 bits per heavy atom. The van der Waals surface area contributed by atoms with Gasteiger partial charge in [-0.15, -0.1) is 11.3 Å². The minimum atomic E-state index is -1.21. The van der Waals surface area contributed by atoms with Gasteiger partial charge < -0.3 is 5.11 Å². The van der Waals surface area contributed by atoms with Gasteiger partial charge in [-0.3, -0.25) is 4.40 Å². The first kappa shape index (κ1) is 22.5. The van der Waals surface area contributed by atoms with Gasteiger partial charge in [-0.25, -0.2) is 9.78 Å². The predicted octanol–water partition coefficient (Wildman–Crippen LogP) is 7.62. The normalized spacial score (nSPS) is 14.1. The van der Waals surface area contributed by atoms with Crippen LogP contribution in [0.5, 0.6) is 0 Å². The van der Waals surface area contributed by atoms with Crippen LogP contribution in [0.3, 0.4) is 0 Å². The second-order valence-electron chi connectivity index (χ2n) is 10.2. The van der Waals surface area contributed by atoms with Crippen molar-refractivity contribution in [3.05, 3.63) is 101 Å². The van der Waals surface area contributed by atoms with Crippen molar-refractivity contribution < 1.29 is 9.90 Å². The average Bonchev–Trinajstić information content (AvgIpc) is 3.69. The number of nitriles is 1. The third kappa shape index (κ3) is 3.16. The average molecular weight is 512 g/mol. The Bertz CT molecular complexity index is 2000. The van der Waals surface area contributed by atoms with Gasteiger partial charge in [-0.1, -0.05) is 38.1 Å². The Morgan fingerprint density at radius 2 is 1.68 bits per heavy atom. The van der Waals surface area contributed by atoms with E-state index in [4.69, 9.17) is 5.26 Å². The smallest absolute Gasteiger partial charge is 0.346 e. The maximum Gasteiger partial charge on any atom is 0.346 e. The molecule has 4 heterocycles. The van der Waals surface area contributed by atoms with E-state index >= 15 is 0 Å². The SMILES string of the molecule is CC1(C)c2cc(-c3ccc(/C=C(/C#N)C(=O)O)s3)ccc2-c2ccc(-c3cc4ccc5nccc3n45)cc21. The van der Waals surface area contributed by atoms with E-state index in [9.17, 15) is 9.90 Å². The summed E-state index contributed by atoms with van der Waals surface area (Å²) in [6.07, 6.45) is 3.30. The van der Waals surface area contributed by atoms with Crippen molar-refractivity contribution in [3.8, 4) is 38.8 Å². The van der Waals surface area contributed by atoms with Gasteiger partial charge in [0.15, 0.2) is 0 Å². The highest BCUT2D eigenvalue weighted by molar-refractivity contribution is 7.16. The molecule has 0 amide bonds. The van der Waals surface area contributed by atoms with Crippen molar-refractivity contribution in [2.75, 3.05) is 0 Å². The van der Waals surface area contributed by atoms with Crippen LogP contribution in [-0.2, 0) is 10.2 Å². The number of rotatable bonds is 4. The van der Waals surface area contributed by atoms with Crippen molar-refractivity contribution in [2.45, 2.75) is 19.3 Å². The number of carboxylic acid groups (broad SMARTS) is 1. The summed E-state index contributed by atoms with van der Waals surface area (Å²) in [6.45, 7) is 4.55. The summed E-state index contributed by atoms with van der Waals surface area (Å²) in [5, 5.41) is 18.3. The molecular weight excluding hydrogens is 490 g/mol. The van der Waals surface area contributed by atoms with Crippen molar-refractivity contribution in [1.29, 1.82) is 5.26 Å². The number of benzene rings is 2. The first-order valence-corrected chi connectivity index (χ1v) is 13.1. The molecule has 38 heavy (non-hydrogen) atoms. The molecule has 0 fully saturated rings. The molecule has 0 saturated carbocycles. The van der Waals surface area contributed by atoms with E-state index in [1.54, 1.807) is 6.07 Å². The third-order valence-corrected chi connectivity index (χ3v) is 8.76. The number of hydrogen-bond acceptors (Lipinski definition) is 4. The highest BCUT2D eigenvalue weighted by atomic mass is 32.1. The van der Waals surface area contributed by atoms with Crippen LogP contribution in [-0.4, -0.2) is 20.5 Å². The zero-order valence-corrected chi connectivity index (χ0v) is 21.5. The number of carbonyl (C=O) groups is 1. The standard InChI is InChI=1S/C32H21N3O2S/c1-32(2)26-14-18(25-16-21-5-10-30-34-12-11-28(25)35(21)30)3-7-23(26)24-8-4-19(15-27(24)32)29-9-6-22(38-29)13-20(17-33)31(36)37/h3-16H,1-2H3,(H,36,37)/b20-13-. The number of aromatic nitrogens is 2. The van der Waals surface area contributed by atoms with Crippen molar-refractivity contribution in [3.63, 3.8) is 0 Å². The maximum atomic E-state index is 11.2. The third-order valence-electron chi connectivity index (χ3n) is 7.67. The van der Waals surface area contributed by atoms with E-state index in [0.29, 0.717) is 0 Å². The van der Waals surface area contributed by atoms with Crippen LogP contribution in [0.4, 0.5) is 0 Å². The fraction of sp³-hybridized carbons (Fsp3) is 0.0938. The fourth-order valence-electron chi connectivity index (χ4n) is 5.77. The zero-order chi connectivity index (χ0) is 26.2. The molecule has 0 unspecified atom stereocenters. The van der Waals surface area contributed by atoms with Crippen molar-refractivity contribution >= 4 is 40.1 Å². The van der Waals surface area contributed by atoms with Crippen molar-refractivity contribution in [1.82, 2.24) is 9.38 Å². The van der Waals surface area contributed by atoms with Crippen LogP contribution in [0.2, 0.25) is 0 Å². The van der Waals surface area contributed by atoms with Gasteiger partial charge in [0.1, 0.15) is 17.3 Å². The fourth-order valence-corrected chi connectivity index (χ4v) is 6.71. The number of carboxylic acids is 1. The first-order chi connectivity index (χ1) is 18.3. The van der Waals surface area contributed by atoms with Crippen LogP contribution in [0.1, 0.15) is 29.9 Å². The Morgan fingerprint density at radius 3 is 2.42 bits per heavy atom. The van der Waals surface area contributed by atoms with E-state index in [-0.39, 0.29) is 11.0 Å². The lowest BCUT2D eigenvalue weighted by atomic mass is 9.81. The van der Waals surface area contributed by atoms with Crippen LogP contribution in [0.25, 0.3) is 55.5 Å². The first-order valence-electron chi connectivity index (χ1n) is 12.3. The molecule has 1 aliphatic carbocycles. The predicted molar refractivity (Wildman–Crippen MR) is 151 cm³/mol. The molecule has 0 radical (unpaired) electrons. The summed E-state index contributed by atoms with van der Waals surface area (Å²) >= 11 is 1.48. The lowest BCUT2D eigenvalue weighted by Gasteiger charge is -2.22. The Kier molecular flexibility index (Phi) is 4.66. The molecule has 1 N–H and O–H groups in total. The molecule has 4 aromatic heterocycles. The molecule has 6 aromatic rings. The lowest BCUT2D eigenvalue weighted by molar-refractivity contribution is -0.132. The molecule has 182 valence electrons. The van der Waals surface area contributed by atoms with Gasteiger partial charge >= 0.3 is 5.97 Å². The topological polar surface area (TPSA) is 78.4 Å². The molecule has 0 atom stereocenters. The number of hydrogen-bond donors (Lipinski definition) is 1. The molecule has 5 nitrogen and oxygen atoms in total. The summed E-state index contributed by atoms with van der Waals surface area (Å²) in [5.74, 6) is -1.21. The van der Waals surface area contributed by atoms with Gasteiger partial charge in [-0.2, -0.15) is 5.26 Å². The maximum absolute atomic E-state index is 11.2. The van der Waals surface area contributed by atoms with E-state index in [1.807, 2.05) is 24.4 Å². The van der Waals surface area contributed by atoms with Gasteiger partial charge in [0.05, 0.1) is 5.52 Å². The molecule has 1 aliphatic rings. The van der Waals surface area contributed by atoms with Gasteiger partial charge in [-0.05, 0) is 88.0 Å². The van der Waals surface area contributed by atoms with Gasteiger partial charge in [0.2, 0.25) is 0 Å². The van der Waals surface area contributed by atoms with Gasteiger partial charge in [0, 0.05) is 32.4 Å². The molecule has 0 saturated heterocycles. The Labute approximate surface area is 222 Å². The quantitative estimate of drug-likeness (QED) is 0.195. The summed E-state index contributed by atoms with van der Waals surface area (Å²) in [7, 11) is 0. The van der Waals surface area contributed by atoms with Crippen LogP contribution < -0.4 is 0 Å². The summed E-state index contributed by atoms with van der Waals surface area (Å²) < 4.78 is 2.20. The molecule has 7 rings (SSSR count). The van der Waals surface area contributed by atoms with E-state index < -0.39 is 5.97 Å². The van der Waals surface area contributed by atoms with Crippen LogP contribution in [0, 0.1) is 11.3 Å². The minimum absolute atomic E-state index is 0.185. The summed E-state index contributed by atoms with van der Waals surface area (Å²) in [4.78, 5) is 17.5. The van der Waals surface area contributed by atoms with E-state index in [1.165, 1.54) is 50.8 Å². The zero-order valence-electron chi connectivity index (χ0n) is 20.7. The molecule has 2 aromatic carbocycles. The van der Waals surface area contributed by atoms with E-state index in [0.717, 1.165) is 32.0 Å². The number of fused-ring (bicyclic) bond motifs is 3. The molecule has 0 spiro atoms. The minimum Gasteiger partial charge on any atom is -0.477 e. The van der Waals surface area contributed by atoms with Crippen molar-refractivity contribution in [2.24, 2.45) is 0 Å². The molecule has 0 bridgehead atoms. The molecule has 6 heteroatoms. The van der Waals surface area contributed by atoms with Crippen LogP contribution >= 0.6 is 11.3 Å². The number of nitrogens with zero attached hydrogens (tertiary/aromatic N) is 3. The largest absolute Gasteiger partial charge is 0.477 e. The van der Waals surface area contributed by atoms with Gasteiger partial charge in [0.25, 0.3) is 0 Å². The Balaban J connectivity index is 1.29. The summed E-state index contributed by atoms with van der Waals surface area (Å²) in [6, 6.07) is 27.4. The molecular formula is C32H21N3O2S. The second kappa shape index (κ2) is 7.88. The monoisotopic (exact) mass is 511 g/mol.